The summed E-state index contributed by atoms with van der Waals surface area (Å²) in [6.45, 7) is 12.3. The van der Waals surface area contributed by atoms with Crippen molar-refractivity contribution in [3.05, 3.63) is 0 Å². The summed E-state index contributed by atoms with van der Waals surface area (Å²) in [6.07, 6.45) is 0.538. The molecule has 6 nitrogen and oxygen atoms in total. The molecule has 1 aliphatic heterocycles. The van der Waals surface area contributed by atoms with Crippen LogP contribution in [0.25, 0.3) is 0 Å². The molecule has 0 saturated carbocycles. The predicted octanol–water partition coefficient (Wildman–Crippen LogP) is 1.88. The minimum atomic E-state index is -0.485. The fraction of sp³-hybridized carbons (Fsp3) is 0.867. The van der Waals surface area contributed by atoms with Crippen LogP contribution in [0.15, 0.2) is 0 Å². The van der Waals surface area contributed by atoms with Crippen molar-refractivity contribution in [3.8, 4) is 0 Å². The molecule has 21 heavy (non-hydrogen) atoms. The fourth-order valence-electron chi connectivity index (χ4n) is 2.25. The lowest BCUT2D eigenvalue weighted by atomic mass is 10.2. The molecule has 1 fully saturated rings. The Kier molecular flexibility index (Phi) is 6.45. The molecule has 0 aromatic rings. The highest BCUT2D eigenvalue weighted by Gasteiger charge is 2.28. The van der Waals surface area contributed by atoms with Crippen LogP contribution >= 0.6 is 0 Å². The lowest BCUT2D eigenvalue weighted by Crippen LogP contribution is -2.43. The Morgan fingerprint density at radius 1 is 1.14 bits per heavy atom. The number of rotatable bonds is 3. The van der Waals surface area contributed by atoms with E-state index < -0.39 is 5.60 Å². The Labute approximate surface area is 127 Å². The van der Waals surface area contributed by atoms with Gasteiger partial charge in [0.2, 0.25) is 0 Å². The summed E-state index contributed by atoms with van der Waals surface area (Å²) in [5.41, 5.74) is -0.485. The van der Waals surface area contributed by atoms with Crippen molar-refractivity contribution in [1.82, 2.24) is 9.80 Å². The van der Waals surface area contributed by atoms with Gasteiger partial charge in [0.25, 0.3) is 0 Å². The van der Waals surface area contributed by atoms with Crippen molar-refractivity contribution in [3.63, 3.8) is 0 Å². The highest BCUT2D eigenvalue weighted by atomic mass is 16.6. The minimum Gasteiger partial charge on any atom is -0.465 e. The maximum absolute atomic E-state index is 12.1. The van der Waals surface area contributed by atoms with Gasteiger partial charge in [-0.25, -0.2) is 4.79 Å². The van der Waals surface area contributed by atoms with Gasteiger partial charge in [0.15, 0.2) is 0 Å². The van der Waals surface area contributed by atoms with Crippen LogP contribution in [0.3, 0.4) is 0 Å². The molecule has 0 radical (unpaired) electrons. The molecule has 1 atom stereocenters. The molecule has 1 aliphatic rings. The van der Waals surface area contributed by atoms with E-state index in [-0.39, 0.29) is 18.1 Å². The Balaban J connectivity index is 2.54. The van der Waals surface area contributed by atoms with E-state index >= 15 is 0 Å². The number of nitrogens with zero attached hydrogens (tertiary/aromatic N) is 2. The smallest absolute Gasteiger partial charge is 0.410 e. The number of hydrogen-bond donors (Lipinski definition) is 0. The Morgan fingerprint density at radius 3 is 2.38 bits per heavy atom. The molecule has 1 rings (SSSR count). The average Bonchev–Trinajstić information content (AvgIpc) is 2.61. The molecule has 1 unspecified atom stereocenters. The summed E-state index contributed by atoms with van der Waals surface area (Å²) >= 11 is 0. The van der Waals surface area contributed by atoms with Crippen LogP contribution < -0.4 is 0 Å². The second-order valence-electron chi connectivity index (χ2n) is 6.28. The van der Waals surface area contributed by atoms with Crippen molar-refractivity contribution >= 4 is 12.1 Å². The van der Waals surface area contributed by atoms with Gasteiger partial charge in [-0.3, -0.25) is 9.69 Å². The first-order valence-corrected chi connectivity index (χ1v) is 7.63. The lowest BCUT2D eigenvalue weighted by Gasteiger charge is -2.27. The van der Waals surface area contributed by atoms with Crippen molar-refractivity contribution in [1.29, 1.82) is 0 Å². The SMILES string of the molecule is CCOC(=O)C(C)N1CCCN(C(=O)OC(C)(C)C)CC1. The van der Waals surface area contributed by atoms with Gasteiger partial charge in [-0.15, -0.1) is 0 Å². The highest BCUT2D eigenvalue weighted by molar-refractivity contribution is 5.75. The number of hydrogen-bond acceptors (Lipinski definition) is 5. The average molecular weight is 300 g/mol. The third-order valence-corrected chi connectivity index (χ3v) is 3.36. The molecule has 0 aromatic heterocycles. The van der Waals surface area contributed by atoms with Crippen LogP contribution in [0, 0.1) is 0 Å². The van der Waals surface area contributed by atoms with E-state index in [1.807, 2.05) is 27.7 Å². The van der Waals surface area contributed by atoms with E-state index in [4.69, 9.17) is 9.47 Å². The first-order valence-electron chi connectivity index (χ1n) is 7.63. The molecule has 1 amide bonds. The Hall–Kier alpha value is -1.30. The zero-order valence-corrected chi connectivity index (χ0v) is 13.8. The number of ether oxygens (including phenoxy) is 2. The predicted molar refractivity (Wildman–Crippen MR) is 80.1 cm³/mol. The molecule has 0 aromatic carbocycles. The van der Waals surface area contributed by atoms with Gasteiger partial charge < -0.3 is 14.4 Å². The third kappa shape index (κ3) is 5.91. The van der Waals surface area contributed by atoms with E-state index in [1.165, 1.54) is 0 Å². The van der Waals surface area contributed by atoms with Crippen molar-refractivity contribution in [2.24, 2.45) is 0 Å². The van der Waals surface area contributed by atoms with Crippen LogP contribution in [-0.4, -0.2) is 66.3 Å². The summed E-state index contributed by atoms with van der Waals surface area (Å²) in [5.74, 6) is -0.205. The standard InChI is InChI=1S/C15H28N2O4/c1-6-20-13(18)12(2)16-8-7-9-17(11-10-16)14(19)21-15(3,4)5/h12H,6-11H2,1-5H3. The van der Waals surface area contributed by atoms with Crippen LogP contribution in [0.5, 0.6) is 0 Å². The first kappa shape index (κ1) is 17.8. The molecule has 1 saturated heterocycles. The highest BCUT2D eigenvalue weighted by Crippen LogP contribution is 2.13. The zero-order chi connectivity index (χ0) is 16.0. The molecule has 0 bridgehead atoms. The molecule has 0 spiro atoms. The molecule has 0 N–H and O–H groups in total. The van der Waals surface area contributed by atoms with Gasteiger partial charge in [-0.1, -0.05) is 0 Å². The molecular weight excluding hydrogens is 272 g/mol. The van der Waals surface area contributed by atoms with Crippen molar-refractivity contribution < 1.29 is 19.1 Å². The summed E-state index contributed by atoms with van der Waals surface area (Å²) in [6, 6.07) is -0.275. The Morgan fingerprint density at radius 2 is 1.81 bits per heavy atom. The molecule has 0 aliphatic carbocycles. The van der Waals surface area contributed by atoms with Gasteiger partial charge in [0.1, 0.15) is 11.6 Å². The van der Waals surface area contributed by atoms with Crippen LogP contribution in [-0.2, 0) is 14.3 Å². The Bertz CT molecular complexity index is 365. The fourth-order valence-corrected chi connectivity index (χ4v) is 2.25. The topological polar surface area (TPSA) is 59.1 Å². The minimum absolute atomic E-state index is 0.205. The second kappa shape index (κ2) is 7.64. The number of esters is 1. The third-order valence-electron chi connectivity index (χ3n) is 3.36. The summed E-state index contributed by atoms with van der Waals surface area (Å²) < 4.78 is 10.4. The van der Waals surface area contributed by atoms with E-state index in [2.05, 4.69) is 4.90 Å². The number of amides is 1. The van der Waals surface area contributed by atoms with Crippen LogP contribution in [0.4, 0.5) is 4.79 Å². The largest absolute Gasteiger partial charge is 0.465 e. The number of carbonyl (C=O) groups is 2. The van der Waals surface area contributed by atoms with Crippen molar-refractivity contribution in [2.75, 3.05) is 32.8 Å². The lowest BCUT2D eigenvalue weighted by molar-refractivity contribution is -0.148. The molecule has 6 heteroatoms. The molecule has 122 valence electrons. The van der Waals surface area contributed by atoms with E-state index in [0.29, 0.717) is 26.2 Å². The van der Waals surface area contributed by atoms with E-state index in [9.17, 15) is 9.59 Å². The van der Waals surface area contributed by atoms with Gasteiger partial charge >= 0.3 is 12.1 Å². The monoisotopic (exact) mass is 300 g/mol. The maximum Gasteiger partial charge on any atom is 0.410 e. The maximum atomic E-state index is 12.1. The summed E-state index contributed by atoms with van der Waals surface area (Å²) in [5, 5.41) is 0. The van der Waals surface area contributed by atoms with Gasteiger partial charge in [-0.05, 0) is 41.0 Å². The zero-order valence-electron chi connectivity index (χ0n) is 13.8. The first-order chi connectivity index (χ1) is 9.74. The van der Waals surface area contributed by atoms with Crippen LogP contribution in [0.1, 0.15) is 41.0 Å². The summed E-state index contributed by atoms with van der Waals surface area (Å²) in [7, 11) is 0. The van der Waals surface area contributed by atoms with E-state index in [0.717, 1.165) is 13.0 Å². The van der Waals surface area contributed by atoms with E-state index in [1.54, 1.807) is 11.8 Å². The van der Waals surface area contributed by atoms with Crippen molar-refractivity contribution in [2.45, 2.75) is 52.7 Å². The molecular formula is C15H28N2O4. The van der Waals surface area contributed by atoms with Gasteiger partial charge in [-0.2, -0.15) is 0 Å². The second-order valence-corrected chi connectivity index (χ2v) is 6.28. The van der Waals surface area contributed by atoms with Gasteiger partial charge in [0.05, 0.1) is 6.61 Å². The van der Waals surface area contributed by atoms with Gasteiger partial charge in [0, 0.05) is 26.2 Å². The number of carbonyl (C=O) groups excluding carboxylic acids is 2. The summed E-state index contributed by atoms with van der Waals surface area (Å²) in [4.78, 5) is 27.6. The quantitative estimate of drug-likeness (QED) is 0.745. The van der Waals surface area contributed by atoms with Crippen LogP contribution in [0.2, 0.25) is 0 Å². The molecule has 1 heterocycles. The normalized spacial score (nSPS) is 18.8.